The Hall–Kier alpha value is -2.95. The molecule has 134 valence electrons. The molecule has 0 amide bonds. The van der Waals surface area contributed by atoms with Gasteiger partial charge in [0.1, 0.15) is 11.6 Å². The van der Waals surface area contributed by atoms with Gasteiger partial charge in [0.2, 0.25) is 0 Å². The standard InChI is InChI=1S/C21H21F2N3/c1-25(20-9-4-17(22)5-10-20)14-16-3-8-19(24-13-16)15-26(2)21-11-6-18(23)7-12-21/h3-13H,14-15H2,1-2H3. The van der Waals surface area contributed by atoms with Crippen molar-refractivity contribution < 1.29 is 8.78 Å². The third-order valence-electron chi connectivity index (χ3n) is 4.24. The second-order valence-corrected chi connectivity index (χ2v) is 6.32. The predicted octanol–water partition coefficient (Wildman–Crippen LogP) is 4.63. The maximum Gasteiger partial charge on any atom is 0.123 e. The monoisotopic (exact) mass is 353 g/mol. The maximum atomic E-state index is 13.0. The number of anilines is 2. The summed E-state index contributed by atoms with van der Waals surface area (Å²) in [5.41, 5.74) is 3.90. The Bertz CT molecular complexity index is 758. The molecule has 0 saturated heterocycles. The van der Waals surface area contributed by atoms with Crippen LogP contribution in [0.1, 0.15) is 11.3 Å². The van der Waals surface area contributed by atoms with Gasteiger partial charge in [-0.15, -0.1) is 0 Å². The Balaban J connectivity index is 1.61. The molecule has 0 saturated carbocycles. The third-order valence-corrected chi connectivity index (χ3v) is 4.24. The lowest BCUT2D eigenvalue weighted by molar-refractivity contribution is 0.627. The van der Waals surface area contributed by atoms with Gasteiger partial charge in [-0.1, -0.05) is 6.07 Å². The highest BCUT2D eigenvalue weighted by Gasteiger charge is 2.06. The summed E-state index contributed by atoms with van der Waals surface area (Å²) in [5.74, 6) is -0.478. The second kappa shape index (κ2) is 7.95. The fraction of sp³-hybridized carbons (Fsp3) is 0.190. The summed E-state index contributed by atoms with van der Waals surface area (Å²) in [4.78, 5) is 8.58. The zero-order valence-corrected chi connectivity index (χ0v) is 14.9. The first-order valence-corrected chi connectivity index (χ1v) is 8.38. The van der Waals surface area contributed by atoms with Crippen LogP contribution < -0.4 is 9.80 Å². The minimum absolute atomic E-state index is 0.238. The van der Waals surface area contributed by atoms with Gasteiger partial charge in [0.15, 0.2) is 0 Å². The quantitative estimate of drug-likeness (QED) is 0.644. The van der Waals surface area contributed by atoms with Gasteiger partial charge in [0.25, 0.3) is 0 Å². The van der Waals surface area contributed by atoms with E-state index < -0.39 is 0 Å². The van der Waals surface area contributed by atoms with E-state index >= 15 is 0 Å². The summed E-state index contributed by atoms with van der Waals surface area (Å²) in [5, 5.41) is 0. The number of hydrogen-bond donors (Lipinski definition) is 0. The molecule has 0 aliphatic rings. The highest BCUT2D eigenvalue weighted by molar-refractivity contribution is 5.47. The van der Waals surface area contributed by atoms with Crippen LogP contribution in [0.5, 0.6) is 0 Å². The van der Waals surface area contributed by atoms with Crippen LogP contribution in [0.15, 0.2) is 66.9 Å². The second-order valence-electron chi connectivity index (χ2n) is 6.32. The Labute approximate surface area is 152 Å². The Morgan fingerprint density at radius 1 is 0.692 bits per heavy atom. The molecule has 0 aliphatic carbocycles. The summed E-state index contributed by atoms with van der Waals surface area (Å²) in [6, 6.07) is 16.9. The van der Waals surface area contributed by atoms with Crippen molar-refractivity contribution in [1.29, 1.82) is 0 Å². The molecular formula is C21H21F2N3. The average Bonchev–Trinajstić information content (AvgIpc) is 2.64. The van der Waals surface area contributed by atoms with Crippen molar-refractivity contribution in [2.45, 2.75) is 13.1 Å². The Kier molecular flexibility index (Phi) is 5.46. The molecule has 3 rings (SSSR count). The normalized spacial score (nSPS) is 10.6. The highest BCUT2D eigenvalue weighted by atomic mass is 19.1. The van der Waals surface area contributed by atoms with Crippen LogP contribution in [0, 0.1) is 11.6 Å². The molecule has 0 bridgehead atoms. The van der Waals surface area contributed by atoms with E-state index in [4.69, 9.17) is 0 Å². The lowest BCUT2D eigenvalue weighted by atomic mass is 10.2. The van der Waals surface area contributed by atoms with Crippen LogP contribution in [0.3, 0.4) is 0 Å². The van der Waals surface area contributed by atoms with Crippen LogP contribution in [-0.2, 0) is 13.1 Å². The number of pyridine rings is 1. The number of halogens is 2. The Morgan fingerprint density at radius 2 is 1.19 bits per heavy atom. The molecule has 0 aliphatic heterocycles. The lowest BCUT2D eigenvalue weighted by Crippen LogP contribution is -2.18. The smallest absolute Gasteiger partial charge is 0.123 e. The van der Waals surface area contributed by atoms with Crippen molar-refractivity contribution in [3.63, 3.8) is 0 Å². The van der Waals surface area contributed by atoms with Crippen LogP contribution in [-0.4, -0.2) is 19.1 Å². The maximum absolute atomic E-state index is 13.0. The molecular weight excluding hydrogens is 332 g/mol. The largest absolute Gasteiger partial charge is 0.370 e. The molecule has 1 heterocycles. The topological polar surface area (TPSA) is 19.4 Å². The molecule has 0 N–H and O–H groups in total. The van der Waals surface area contributed by atoms with Crippen molar-refractivity contribution in [3.8, 4) is 0 Å². The molecule has 26 heavy (non-hydrogen) atoms. The van der Waals surface area contributed by atoms with E-state index in [0.29, 0.717) is 13.1 Å². The molecule has 3 aromatic rings. The molecule has 0 unspecified atom stereocenters. The fourth-order valence-corrected chi connectivity index (χ4v) is 2.73. The summed E-state index contributed by atoms with van der Waals surface area (Å²) < 4.78 is 26.0. The van der Waals surface area contributed by atoms with Crippen molar-refractivity contribution in [2.75, 3.05) is 23.9 Å². The molecule has 0 radical (unpaired) electrons. The zero-order chi connectivity index (χ0) is 18.5. The van der Waals surface area contributed by atoms with Gasteiger partial charge in [0, 0.05) is 38.2 Å². The van der Waals surface area contributed by atoms with Crippen LogP contribution in [0.25, 0.3) is 0 Å². The predicted molar refractivity (Wildman–Crippen MR) is 101 cm³/mol. The van der Waals surface area contributed by atoms with Crippen molar-refractivity contribution in [3.05, 3.63) is 89.8 Å². The summed E-state index contributed by atoms with van der Waals surface area (Å²) >= 11 is 0. The molecule has 1 aromatic heterocycles. The van der Waals surface area contributed by atoms with Gasteiger partial charge in [0.05, 0.1) is 12.2 Å². The van der Waals surface area contributed by atoms with Gasteiger partial charge < -0.3 is 9.80 Å². The lowest BCUT2D eigenvalue weighted by Gasteiger charge is -2.20. The first-order chi connectivity index (χ1) is 12.5. The highest BCUT2D eigenvalue weighted by Crippen LogP contribution is 2.17. The number of rotatable bonds is 6. The number of benzene rings is 2. The summed E-state index contributed by atoms with van der Waals surface area (Å²) in [7, 11) is 3.91. The molecule has 0 spiro atoms. The summed E-state index contributed by atoms with van der Waals surface area (Å²) in [6.07, 6.45) is 1.86. The molecule has 2 aromatic carbocycles. The van der Waals surface area contributed by atoms with E-state index in [0.717, 1.165) is 22.6 Å². The van der Waals surface area contributed by atoms with Crippen molar-refractivity contribution in [1.82, 2.24) is 4.98 Å². The van der Waals surface area contributed by atoms with E-state index in [1.807, 2.05) is 42.2 Å². The fourth-order valence-electron chi connectivity index (χ4n) is 2.73. The minimum Gasteiger partial charge on any atom is -0.370 e. The van der Waals surface area contributed by atoms with E-state index in [9.17, 15) is 8.78 Å². The van der Waals surface area contributed by atoms with E-state index in [1.165, 1.54) is 24.3 Å². The van der Waals surface area contributed by atoms with E-state index in [-0.39, 0.29) is 11.6 Å². The van der Waals surface area contributed by atoms with Crippen molar-refractivity contribution in [2.24, 2.45) is 0 Å². The van der Waals surface area contributed by atoms with Crippen LogP contribution in [0.4, 0.5) is 20.2 Å². The van der Waals surface area contributed by atoms with Crippen LogP contribution >= 0.6 is 0 Å². The van der Waals surface area contributed by atoms with E-state index in [2.05, 4.69) is 4.98 Å². The molecule has 0 atom stereocenters. The van der Waals surface area contributed by atoms with Gasteiger partial charge in [-0.05, 0) is 60.2 Å². The molecule has 5 heteroatoms. The number of hydrogen-bond acceptors (Lipinski definition) is 3. The van der Waals surface area contributed by atoms with Crippen molar-refractivity contribution >= 4 is 11.4 Å². The molecule has 0 fully saturated rings. The minimum atomic E-state index is -0.241. The Morgan fingerprint density at radius 3 is 1.65 bits per heavy atom. The third kappa shape index (κ3) is 4.57. The van der Waals surface area contributed by atoms with E-state index in [1.54, 1.807) is 24.3 Å². The summed E-state index contributed by atoms with van der Waals surface area (Å²) in [6.45, 7) is 1.33. The SMILES string of the molecule is CN(Cc1ccc(CN(C)c2ccc(F)cc2)nc1)c1ccc(F)cc1. The number of nitrogens with zero attached hydrogens (tertiary/aromatic N) is 3. The van der Waals surface area contributed by atoms with Crippen LogP contribution in [0.2, 0.25) is 0 Å². The van der Waals surface area contributed by atoms with Gasteiger partial charge >= 0.3 is 0 Å². The van der Waals surface area contributed by atoms with Gasteiger partial charge in [-0.3, -0.25) is 4.98 Å². The zero-order valence-electron chi connectivity index (χ0n) is 14.9. The number of aromatic nitrogens is 1. The van der Waals surface area contributed by atoms with Gasteiger partial charge in [-0.25, -0.2) is 8.78 Å². The first kappa shape index (κ1) is 17.9. The van der Waals surface area contributed by atoms with Gasteiger partial charge in [-0.2, -0.15) is 0 Å². The first-order valence-electron chi connectivity index (χ1n) is 8.38. The molecule has 3 nitrogen and oxygen atoms in total. The average molecular weight is 353 g/mol.